The van der Waals surface area contributed by atoms with E-state index < -0.39 is 24.4 Å². The molecule has 0 saturated heterocycles. The summed E-state index contributed by atoms with van der Waals surface area (Å²) >= 11 is 0. The number of benzene rings is 2. The average Bonchev–Trinajstić information content (AvgIpc) is 3.04. The van der Waals surface area contributed by atoms with Gasteiger partial charge in [0.05, 0.1) is 18.5 Å². The Bertz CT molecular complexity index is 1140. The number of fused-ring (bicyclic) bond motifs is 1. The van der Waals surface area contributed by atoms with Gasteiger partial charge in [-0.05, 0) is 60.9 Å². The maximum Gasteiger partial charge on any atom is 0.387 e. The predicted octanol–water partition coefficient (Wildman–Crippen LogP) is 5.46. The lowest BCUT2D eigenvalue weighted by Gasteiger charge is -2.20. The molecule has 1 N–H and O–H groups in total. The Morgan fingerprint density at radius 1 is 1.09 bits per heavy atom. The summed E-state index contributed by atoms with van der Waals surface area (Å²) in [4.78, 5) is 25.6. The molecule has 0 aliphatic rings. The van der Waals surface area contributed by atoms with Gasteiger partial charge in [-0.1, -0.05) is 20.3 Å². The molecule has 0 spiro atoms. The van der Waals surface area contributed by atoms with E-state index in [4.69, 9.17) is 4.74 Å². The van der Waals surface area contributed by atoms with Crippen molar-refractivity contribution in [3.63, 3.8) is 0 Å². The largest absolute Gasteiger partial charge is 0.497 e. The number of hydrogen-bond acceptors (Lipinski definition) is 4. The van der Waals surface area contributed by atoms with Gasteiger partial charge in [0.1, 0.15) is 11.5 Å². The first-order valence-corrected chi connectivity index (χ1v) is 10.2. The molecule has 1 aromatic heterocycles. The van der Waals surface area contributed by atoms with Crippen molar-refractivity contribution >= 4 is 22.8 Å². The van der Waals surface area contributed by atoms with E-state index in [0.29, 0.717) is 34.3 Å². The number of rotatable bonds is 8. The quantitative estimate of drug-likeness (QED) is 0.498. The van der Waals surface area contributed by atoms with Gasteiger partial charge < -0.3 is 14.6 Å². The van der Waals surface area contributed by atoms with Crippen molar-refractivity contribution in [1.82, 2.24) is 4.57 Å². The lowest BCUT2D eigenvalue weighted by Crippen LogP contribution is -2.21. The van der Waals surface area contributed by atoms with Crippen LogP contribution in [0.2, 0.25) is 0 Å². The predicted molar refractivity (Wildman–Crippen MR) is 116 cm³/mol. The van der Waals surface area contributed by atoms with Crippen LogP contribution in [-0.4, -0.2) is 35.3 Å². The summed E-state index contributed by atoms with van der Waals surface area (Å²) < 4.78 is 36.0. The van der Waals surface area contributed by atoms with E-state index in [-0.39, 0.29) is 17.2 Å². The molecule has 32 heavy (non-hydrogen) atoms. The number of alkyl halides is 2. The van der Waals surface area contributed by atoms with Crippen LogP contribution in [0.5, 0.6) is 11.5 Å². The van der Waals surface area contributed by atoms with E-state index in [9.17, 15) is 23.5 Å². The monoisotopic (exact) mass is 445 g/mol. The van der Waals surface area contributed by atoms with E-state index in [0.717, 1.165) is 0 Å². The van der Waals surface area contributed by atoms with Crippen molar-refractivity contribution in [2.45, 2.75) is 39.7 Å². The Hall–Kier alpha value is -3.42. The smallest absolute Gasteiger partial charge is 0.387 e. The number of nitrogens with zero attached hydrogens (tertiary/aromatic N) is 1. The zero-order chi connectivity index (χ0) is 23.6. The molecule has 170 valence electrons. The fraction of sp³-hybridized carbons (Fsp3) is 0.333. The van der Waals surface area contributed by atoms with Crippen LogP contribution in [0.4, 0.5) is 8.78 Å². The SMILES string of the molecule is CCC(C)C(C(=O)O)c1c(C)n(C(=O)c2ccc(OC(F)F)cc2)c2ccc(OC)cc12. The van der Waals surface area contributed by atoms with Gasteiger partial charge in [-0.3, -0.25) is 14.2 Å². The van der Waals surface area contributed by atoms with Gasteiger partial charge in [-0.15, -0.1) is 0 Å². The molecule has 0 aliphatic heterocycles. The van der Waals surface area contributed by atoms with Gasteiger partial charge in [0, 0.05) is 16.6 Å². The normalized spacial score (nSPS) is 13.2. The second-order valence-corrected chi connectivity index (χ2v) is 7.63. The highest BCUT2D eigenvalue weighted by molar-refractivity contribution is 6.05. The number of carboxylic acid groups (broad SMARTS) is 1. The summed E-state index contributed by atoms with van der Waals surface area (Å²) in [5.74, 6) is -1.86. The number of aromatic nitrogens is 1. The van der Waals surface area contributed by atoms with E-state index in [1.807, 2.05) is 13.8 Å². The van der Waals surface area contributed by atoms with Gasteiger partial charge in [-0.25, -0.2) is 0 Å². The van der Waals surface area contributed by atoms with Crippen LogP contribution in [0.15, 0.2) is 42.5 Å². The molecule has 3 rings (SSSR count). The van der Waals surface area contributed by atoms with Crippen LogP contribution in [-0.2, 0) is 4.79 Å². The van der Waals surface area contributed by atoms with Crippen molar-refractivity contribution < 1.29 is 33.0 Å². The average molecular weight is 445 g/mol. The minimum absolute atomic E-state index is 0.0567. The minimum atomic E-state index is -2.96. The van der Waals surface area contributed by atoms with Gasteiger partial charge in [0.2, 0.25) is 0 Å². The van der Waals surface area contributed by atoms with E-state index in [1.54, 1.807) is 25.1 Å². The van der Waals surface area contributed by atoms with Crippen LogP contribution < -0.4 is 9.47 Å². The number of halogens is 2. The molecular formula is C24H25F2NO5. The maximum atomic E-state index is 13.4. The lowest BCUT2D eigenvalue weighted by molar-refractivity contribution is -0.140. The van der Waals surface area contributed by atoms with Gasteiger partial charge in [-0.2, -0.15) is 8.78 Å². The number of carboxylic acids is 1. The van der Waals surface area contributed by atoms with Crippen molar-refractivity contribution in [3.05, 3.63) is 59.3 Å². The van der Waals surface area contributed by atoms with Gasteiger partial charge in [0.15, 0.2) is 0 Å². The zero-order valence-electron chi connectivity index (χ0n) is 18.3. The lowest BCUT2D eigenvalue weighted by atomic mass is 9.84. The number of ether oxygens (including phenoxy) is 2. The Morgan fingerprint density at radius 3 is 2.25 bits per heavy atom. The summed E-state index contributed by atoms with van der Waals surface area (Å²) in [5.41, 5.74) is 1.88. The Morgan fingerprint density at radius 2 is 1.72 bits per heavy atom. The molecule has 0 fully saturated rings. The first-order valence-electron chi connectivity index (χ1n) is 10.2. The Labute approximate surface area is 184 Å². The third kappa shape index (κ3) is 4.30. The van der Waals surface area contributed by atoms with Crippen molar-refractivity contribution in [3.8, 4) is 11.5 Å². The molecule has 0 saturated carbocycles. The molecule has 2 unspecified atom stereocenters. The molecule has 0 bridgehead atoms. The third-order valence-electron chi connectivity index (χ3n) is 5.78. The third-order valence-corrected chi connectivity index (χ3v) is 5.78. The fourth-order valence-electron chi connectivity index (χ4n) is 4.00. The number of carbonyl (C=O) groups is 2. The maximum absolute atomic E-state index is 13.4. The summed E-state index contributed by atoms with van der Waals surface area (Å²) in [6.07, 6.45) is 0.645. The van der Waals surface area contributed by atoms with E-state index >= 15 is 0 Å². The van der Waals surface area contributed by atoms with Crippen LogP contribution in [0.25, 0.3) is 10.9 Å². The topological polar surface area (TPSA) is 77.8 Å². The Balaban J connectivity index is 2.20. The molecule has 1 heterocycles. The number of aliphatic carboxylic acids is 1. The highest BCUT2D eigenvalue weighted by Gasteiger charge is 2.32. The molecule has 8 heteroatoms. The van der Waals surface area contributed by atoms with E-state index in [2.05, 4.69) is 4.74 Å². The number of carbonyl (C=O) groups excluding carboxylic acids is 1. The highest BCUT2D eigenvalue weighted by atomic mass is 19.3. The standard InChI is InChI=1S/C24H25F2NO5/c1-5-13(2)20(23(29)30)21-14(3)27(19-11-10-17(31-4)12-18(19)21)22(28)15-6-8-16(9-7-15)32-24(25)26/h6-13,20,24H,5H2,1-4H3,(H,29,30). The molecule has 2 atom stereocenters. The highest BCUT2D eigenvalue weighted by Crippen LogP contribution is 2.39. The van der Waals surface area contributed by atoms with Gasteiger partial charge in [0.25, 0.3) is 5.91 Å². The van der Waals surface area contributed by atoms with Crippen molar-refractivity contribution in [1.29, 1.82) is 0 Å². The minimum Gasteiger partial charge on any atom is -0.497 e. The van der Waals surface area contributed by atoms with Crippen molar-refractivity contribution in [2.75, 3.05) is 7.11 Å². The zero-order valence-corrected chi connectivity index (χ0v) is 18.3. The first kappa shape index (κ1) is 23.2. The molecular weight excluding hydrogens is 420 g/mol. The second kappa shape index (κ2) is 9.38. The second-order valence-electron chi connectivity index (χ2n) is 7.63. The molecule has 0 amide bonds. The molecule has 0 radical (unpaired) electrons. The summed E-state index contributed by atoms with van der Waals surface area (Å²) in [6, 6.07) is 10.5. The van der Waals surface area contributed by atoms with Crippen LogP contribution in [0, 0.1) is 12.8 Å². The fourth-order valence-corrected chi connectivity index (χ4v) is 4.00. The van der Waals surface area contributed by atoms with Crippen LogP contribution >= 0.6 is 0 Å². The van der Waals surface area contributed by atoms with E-state index in [1.165, 1.54) is 35.9 Å². The molecule has 3 aromatic rings. The number of hydrogen-bond donors (Lipinski definition) is 1. The first-order chi connectivity index (χ1) is 15.2. The van der Waals surface area contributed by atoms with Crippen LogP contribution in [0.3, 0.4) is 0 Å². The summed E-state index contributed by atoms with van der Waals surface area (Å²) in [5, 5.41) is 10.6. The molecule has 0 aliphatic carbocycles. The Kier molecular flexibility index (Phi) is 6.81. The van der Waals surface area contributed by atoms with Gasteiger partial charge >= 0.3 is 12.6 Å². The summed E-state index contributed by atoms with van der Waals surface area (Å²) in [6.45, 7) is 2.54. The van der Waals surface area contributed by atoms with Crippen LogP contribution in [0.1, 0.15) is 47.8 Å². The molecule has 2 aromatic carbocycles. The van der Waals surface area contributed by atoms with Crippen molar-refractivity contribution in [2.24, 2.45) is 5.92 Å². The molecule has 6 nitrogen and oxygen atoms in total. The number of methoxy groups -OCH3 is 1. The summed E-state index contributed by atoms with van der Waals surface area (Å²) in [7, 11) is 1.52.